The maximum absolute atomic E-state index is 12.5. The Morgan fingerprint density at radius 1 is 1.41 bits per heavy atom. The maximum atomic E-state index is 12.5. The van der Waals surface area contributed by atoms with Gasteiger partial charge in [0.05, 0.1) is 7.11 Å². The molecule has 1 N–H and O–H groups in total. The van der Waals surface area contributed by atoms with Crippen molar-refractivity contribution in [2.24, 2.45) is 0 Å². The Morgan fingerprint density at radius 2 is 2.18 bits per heavy atom. The third-order valence-electron chi connectivity index (χ3n) is 2.47. The zero-order valence-electron chi connectivity index (χ0n) is 11.9. The normalized spacial score (nSPS) is 11.4. The lowest BCUT2D eigenvalue weighted by Crippen LogP contribution is -2.14. The monoisotopic (exact) mass is 423 g/mol. The largest absolute Gasteiger partial charge is 0.495 e. The van der Waals surface area contributed by atoms with E-state index in [4.69, 9.17) is 4.74 Å². The fourth-order valence-electron chi connectivity index (χ4n) is 1.53. The molecule has 0 spiro atoms. The molecule has 6 nitrogen and oxygen atoms in total. The van der Waals surface area contributed by atoms with Crippen LogP contribution in [0.3, 0.4) is 0 Å². The van der Waals surface area contributed by atoms with Crippen molar-refractivity contribution in [3.63, 3.8) is 0 Å². The Bertz CT molecular complexity index is 749. The highest BCUT2D eigenvalue weighted by molar-refractivity contribution is 9.10. The van der Waals surface area contributed by atoms with E-state index in [1.807, 2.05) is 0 Å². The number of nitrogens with zero attached hydrogens (tertiary/aromatic N) is 2. The molecular formula is C12H14BrN3O3S3. The number of aromatic nitrogens is 2. The van der Waals surface area contributed by atoms with Crippen molar-refractivity contribution in [1.29, 1.82) is 0 Å². The average molecular weight is 424 g/mol. The van der Waals surface area contributed by atoms with Gasteiger partial charge in [0.25, 0.3) is 10.0 Å². The molecule has 0 radical (unpaired) electrons. The van der Waals surface area contributed by atoms with Crippen LogP contribution < -0.4 is 9.46 Å². The van der Waals surface area contributed by atoms with Gasteiger partial charge in [-0.15, -0.1) is 10.2 Å². The van der Waals surface area contributed by atoms with Crippen LogP contribution in [0.15, 0.2) is 31.9 Å². The summed E-state index contributed by atoms with van der Waals surface area (Å²) in [6, 6.07) is 4.78. The summed E-state index contributed by atoms with van der Waals surface area (Å²) < 4.78 is 33.9. The predicted octanol–water partition coefficient (Wildman–Crippen LogP) is 3.61. The van der Waals surface area contributed by atoms with Crippen LogP contribution in [0.1, 0.15) is 13.3 Å². The third-order valence-corrected chi connectivity index (χ3v) is 6.63. The second-order valence-corrected chi connectivity index (χ2v) is 9.01. The number of sulfonamides is 1. The first-order valence-electron chi connectivity index (χ1n) is 6.29. The summed E-state index contributed by atoms with van der Waals surface area (Å²) in [5, 5.41) is 8.05. The molecule has 1 aromatic heterocycles. The highest BCUT2D eigenvalue weighted by Gasteiger charge is 2.22. The molecule has 0 bridgehead atoms. The zero-order valence-corrected chi connectivity index (χ0v) is 15.9. The van der Waals surface area contributed by atoms with E-state index in [1.165, 1.54) is 24.5 Å². The fourth-order valence-corrected chi connectivity index (χ4v) is 5.15. The van der Waals surface area contributed by atoms with Crippen molar-refractivity contribution in [2.75, 3.05) is 17.6 Å². The molecule has 0 aliphatic carbocycles. The van der Waals surface area contributed by atoms with Gasteiger partial charge in [0, 0.05) is 10.2 Å². The van der Waals surface area contributed by atoms with E-state index in [0.717, 1.165) is 16.5 Å². The number of methoxy groups -OCH3 is 1. The Labute approximate surface area is 145 Å². The van der Waals surface area contributed by atoms with Crippen LogP contribution in [0.4, 0.5) is 5.13 Å². The second kappa shape index (κ2) is 7.62. The van der Waals surface area contributed by atoms with E-state index in [0.29, 0.717) is 4.47 Å². The standard InChI is InChI=1S/C12H14BrN3O3S3/c1-3-6-20-12-15-14-11(21-12)16-22(17,18)10-7-8(13)4-5-9(10)19-2/h4-5,7H,3,6H2,1-2H3,(H,14,16). The van der Waals surface area contributed by atoms with Crippen LogP contribution in [0, 0.1) is 0 Å². The van der Waals surface area contributed by atoms with E-state index in [9.17, 15) is 8.42 Å². The first-order chi connectivity index (χ1) is 10.5. The minimum Gasteiger partial charge on any atom is -0.495 e. The minimum absolute atomic E-state index is 0.0438. The van der Waals surface area contributed by atoms with Gasteiger partial charge in [0.2, 0.25) is 5.13 Å². The molecule has 120 valence electrons. The van der Waals surface area contributed by atoms with Crippen molar-refractivity contribution in [3.05, 3.63) is 22.7 Å². The first-order valence-corrected chi connectivity index (χ1v) is 10.4. The molecule has 2 aromatic rings. The van der Waals surface area contributed by atoms with Gasteiger partial charge in [-0.2, -0.15) is 0 Å². The molecule has 0 amide bonds. The molecule has 1 heterocycles. The lowest BCUT2D eigenvalue weighted by Gasteiger charge is -2.09. The van der Waals surface area contributed by atoms with Crippen LogP contribution in [-0.2, 0) is 10.0 Å². The van der Waals surface area contributed by atoms with Crippen LogP contribution in [0.5, 0.6) is 5.75 Å². The maximum Gasteiger partial charge on any atom is 0.267 e. The van der Waals surface area contributed by atoms with E-state index in [-0.39, 0.29) is 15.8 Å². The number of hydrogen-bond acceptors (Lipinski definition) is 7. The molecule has 1 aromatic carbocycles. The topological polar surface area (TPSA) is 81.2 Å². The molecular weight excluding hydrogens is 410 g/mol. The lowest BCUT2D eigenvalue weighted by atomic mass is 10.3. The fraction of sp³-hybridized carbons (Fsp3) is 0.333. The number of nitrogens with one attached hydrogen (secondary N) is 1. The van der Waals surface area contributed by atoms with Gasteiger partial charge >= 0.3 is 0 Å². The highest BCUT2D eigenvalue weighted by atomic mass is 79.9. The van der Waals surface area contributed by atoms with Gasteiger partial charge in [-0.25, -0.2) is 8.42 Å². The molecule has 2 rings (SSSR count). The molecule has 0 saturated heterocycles. The Balaban J connectivity index is 2.24. The van der Waals surface area contributed by atoms with Gasteiger partial charge in [-0.3, -0.25) is 4.72 Å². The summed E-state index contributed by atoms with van der Waals surface area (Å²) in [6.45, 7) is 2.07. The number of ether oxygens (including phenoxy) is 1. The predicted molar refractivity (Wildman–Crippen MR) is 92.4 cm³/mol. The van der Waals surface area contributed by atoms with Gasteiger partial charge in [-0.1, -0.05) is 46.0 Å². The summed E-state index contributed by atoms with van der Waals surface area (Å²) in [5.74, 6) is 1.18. The molecule has 10 heteroatoms. The number of thioether (sulfide) groups is 1. The number of anilines is 1. The summed E-state index contributed by atoms with van der Waals surface area (Å²) in [7, 11) is -2.37. The molecule has 0 unspecified atom stereocenters. The number of benzene rings is 1. The van der Waals surface area contributed by atoms with Gasteiger partial charge in [0.15, 0.2) is 4.34 Å². The average Bonchev–Trinajstić information content (AvgIpc) is 2.91. The van der Waals surface area contributed by atoms with E-state index >= 15 is 0 Å². The molecule has 0 fully saturated rings. The van der Waals surface area contributed by atoms with Crippen LogP contribution in [0.25, 0.3) is 0 Å². The van der Waals surface area contributed by atoms with Gasteiger partial charge in [-0.05, 0) is 24.6 Å². The van der Waals surface area contributed by atoms with E-state index in [2.05, 4.69) is 37.8 Å². The molecule has 0 atom stereocenters. The van der Waals surface area contributed by atoms with Crippen molar-refractivity contribution in [2.45, 2.75) is 22.6 Å². The van der Waals surface area contributed by atoms with Crippen molar-refractivity contribution in [1.82, 2.24) is 10.2 Å². The molecule has 0 aliphatic rings. The molecule has 0 saturated carbocycles. The van der Waals surface area contributed by atoms with Crippen LogP contribution in [0.2, 0.25) is 0 Å². The summed E-state index contributed by atoms with van der Waals surface area (Å²) in [4.78, 5) is 0.0438. The van der Waals surface area contributed by atoms with E-state index < -0.39 is 10.0 Å². The minimum atomic E-state index is -3.79. The lowest BCUT2D eigenvalue weighted by molar-refractivity contribution is 0.403. The zero-order chi connectivity index (χ0) is 16.2. The summed E-state index contributed by atoms with van der Waals surface area (Å²) >= 11 is 6.02. The van der Waals surface area contributed by atoms with Crippen LogP contribution in [-0.4, -0.2) is 31.5 Å². The summed E-state index contributed by atoms with van der Waals surface area (Å²) in [5.41, 5.74) is 0. The first kappa shape index (κ1) is 17.5. The van der Waals surface area contributed by atoms with Gasteiger partial charge < -0.3 is 4.74 Å². The molecule has 0 aliphatic heterocycles. The highest BCUT2D eigenvalue weighted by Crippen LogP contribution is 2.31. The Morgan fingerprint density at radius 3 is 2.86 bits per heavy atom. The number of halogens is 1. The van der Waals surface area contributed by atoms with Crippen molar-refractivity contribution in [3.8, 4) is 5.75 Å². The summed E-state index contributed by atoms with van der Waals surface area (Å²) in [6.07, 6.45) is 1.01. The van der Waals surface area contributed by atoms with Crippen molar-refractivity contribution >= 4 is 54.2 Å². The SMILES string of the molecule is CCCSc1nnc(NS(=O)(=O)c2cc(Br)ccc2OC)s1. The second-order valence-electron chi connectivity index (χ2n) is 4.12. The van der Waals surface area contributed by atoms with E-state index in [1.54, 1.807) is 23.9 Å². The Hall–Kier alpha value is -0.840. The molecule has 22 heavy (non-hydrogen) atoms. The van der Waals surface area contributed by atoms with Gasteiger partial charge in [0.1, 0.15) is 10.6 Å². The third kappa shape index (κ3) is 4.34. The Kier molecular flexibility index (Phi) is 6.07. The smallest absolute Gasteiger partial charge is 0.267 e. The number of hydrogen-bond donors (Lipinski definition) is 1. The van der Waals surface area contributed by atoms with Crippen LogP contribution >= 0.6 is 39.0 Å². The van der Waals surface area contributed by atoms with Crippen molar-refractivity contribution < 1.29 is 13.2 Å². The number of rotatable bonds is 7. The quantitative estimate of drug-likeness (QED) is 0.684.